The Labute approximate surface area is 179 Å². The zero-order valence-corrected chi connectivity index (χ0v) is 19.3. The highest BCUT2D eigenvalue weighted by Gasteiger charge is 2.23. The molecule has 0 unspecified atom stereocenters. The van der Waals surface area contributed by atoms with E-state index < -0.39 is 0 Å². The highest BCUT2D eigenvalue weighted by atomic mass is 32.2. The maximum absolute atomic E-state index is 13.2. The van der Waals surface area contributed by atoms with Gasteiger partial charge in [-0.15, -0.1) is 11.3 Å². The molecule has 0 aliphatic heterocycles. The molecule has 3 aromatic rings. The average Bonchev–Trinajstić information content (AvgIpc) is 2.96. The van der Waals surface area contributed by atoms with E-state index in [1.165, 1.54) is 23.1 Å². The van der Waals surface area contributed by atoms with Crippen LogP contribution in [0, 0.1) is 13.8 Å². The number of thioether (sulfide) groups is 1. The van der Waals surface area contributed by atoms with Gasteiger partial charge in [0.15, 0.2) is 5.16 Å². The van der Waals surface area contributed by atoms with Crippen molar-refractivity contribution in [2.75, 3.05) is 0 Å². The predicted octanol–water partition coefficient (Wildman–Crippen LogP) is 5.01. The number of hydrogen-bond acceptors (Lipinski definition) is 5. The first-order valence-corrected chi connectivity index (χ1v) is 11.4. The molecule has 2 heterocycles. The molecule has 2 atom stereocenters. The van der Waals surface area contributed by atoms with Crippen molar-refractivity contribution in [3.8, 4) is 0 Å². The van der Waals surface area contributed by atoms with Crippen molar-refractivity contribution in [2.45, 2.75) is 64.0 Å². The van der Waals surface area contributed by atoms with Gasteiger partial charge in [-0.2, -0.15) is 0 Å². The zero-order valence-electron chi connectivity index (χ0n) is 17.6. The first-order valence-electron chi connectivity index (χ1n) is 9.75. The van der Waals surface area contributed by atoms with E-state index in [9.17, 15) is 9.59 Å². The maximum Gasteiger partial charge on any atom is 0.263 e. The fourth-order valence-electron chi connectivity index (χ4n) is 3.19. The van der Waals surface area contributed by atoms with Crippen LogP contribution in [-0.2, 0) is 4.79 Å². The van der Waals surface area contributed by atoms with Crippen molar-refractivity contribution in [3.63, 3.8) is 0 Å². The number of aryl methyl sites for hydroxylation is 2. The van der Waals surface area contributed by atoms with Crippen molar-refractivity contribution in [1.82, 2.24) is 14.9 Å². The van der Waals surface area contributed by atoms with Crippen molar-refractivity contribution >= 4 is 39.2 Å². The van der Waals surface area contributed by atoms with Crippen LogP contribution in [0.5, 0.6) is 0 Å². The summed E-state index contributed by atoms with van der Waals surface area (Å²) in [4.78, 5) is 32.5. The molecule has 0 aliphatic carbocycles. The fourth-order valence-corrected chi connectivity index (χ4v) is 5.31. The first kappa shape index (κ1) is 21.6. The van der Waals surface area contributed by atoms with E-state index in [1.54, 1.807) is 4.57 Å². The van der Waals surface area contributed by atoms with Gasteiger partial charge < -0.3 is 5.32 Å². The van der Waals surface area contributed by atoms with Crippen molar-refractivity contribution in [2.24, 2.45) is 0 Å². The van der Waals surface area contributed by atoms with Gasteiger partial charge in [0, 0.05) is 10.9 Å². The molecule has 0 radical (unpaired) electrons. The molecule has 0 saturated carbocycles. The second-order valence-corrected chi connectivity index (χ2v) is 10.0. The van der Waals surface area contributed by atoms with Gasteiger partial charge in [-0.05, 0) is 52.7 Å². The Hall–Kier alpha value is -2.12. The summed E-state index contributed by atoms with van der Waals surface area (Å²) in [6.07, 6.45) is 0. The molecule has 1 aromatic carbocycles. The summed E-state index contributed by atoms with van der Waals surface area (Å²) < 4.78 is 1.70. The molecule has 1 N–H and O–H groups in total. The number of thiophene rings is 1. The molecule has 0 bridgehead atoms. The minimum atomic E-state index is -0.377. The molecule has 3 rings (SSSR count). The lowest BCUT2D eigenvalue weighted by molar-refractivity contribution is -0.120. The van der Waals surface area contributed by atoms with Crippen LogP contribution < -0.4 is 10.9 Å². The monoisotopic (exact) mass is 429 g/mol. The minimum absolute atomic E-state index is 0.0281. The predicted molar refractivity (Wildman–Crippen MR) is 122 cm³/mol. The number of rotatable bonds is 6. The fraction of sp³-hybridized carbons (Fsp3) is 0.409. The number of nitrogens with one attached hydrogen (secondary N) is 1. The van der Waals surface area contributed by atoms with Crippen LogP contribution in [0.3, 0.4) is 0 Å². The summed E-state index contributed by atoms with van der Waals surface area (Å²) in [5.41, 5.74) is 2.02. The Morgan fingerprint density at radius 2 is 1.79 bits per heavy atom. The lowest BCUT2D eigenvalue weighted by Crippen LogP contribution is -2.34. The molecular formula is C22H27N3O2S2. The van der Waals surface area contributed by atoms with Gasteiger partial charge in [-0.3, -0.25) is 14.2 Å². The lowest BCUT2D eigenvalue weighted by Gasteiger charge is -2.20. The molecular weight excluding hydrogens is 402 g/mol. The zero-order chi connectivity index (χ0) is 21.3. The van der Waals surface area contributed by atoms with Crippen LogP contribution in [0.1, 0.15) is 55.8 Å². The van der Waals surface area contributed by atoms with E-state index in [0.29, 0.717) is 10.5 Å². The molecule has 7 heteroatoms. The largest absolute Gasteiger partial charge is 0.349 e. The molecule has 5 nitrogen and oxygen atoms in total. The van der Waals surface area contributed by atoms with E-state index in [-0.39, 0.29) is 28.8 Å². The van der Waals surface area contributed by atoms with Crippen molar-refractivity contribution in [1.29, 1.82) is 0 Å². The summed E-state index contributed by atoms with van der Waals surface area (Å²) in [6, 6.07) is 9.74. The number of nitrogens with zero attached hydrogens (tertiary/aromatic N) is 2. The van der Waals surface area contributed by atoms with Crippen molar-refractivity contribution < 1.29 is 4.79 Å². The summed E-state index contributed by atoms with van der Waals surface area (Å²) in [5.74, 6) is -0.0745. The Kier molecular flexibility index (Phi) is 6.49. The van der Waals surface area contributed by atoms with Crippen LogP contribution >= 0.6 is 23.1 Å². The van der Waals surface area contributed by atoms with Crippen molar-refractivity contribution in [3.05, 3.63) is 56.7 Å². The van der Waals surface area contributed by atoms with Gasteiger partial charge in [0.1, 0.15) is 4.83 Å². The second-order valence-electron chi connectivity index (χ2n) is 7.53. The first-order chi connectivity index (χ1) is 13.7. The van der Waals surface area contributed by atoms with Gasteiger partial charge in [0.2, 0.25) is 5.91 Å². The van der Waals surface area contributed by atoms with Gasteiger partial charge in [0.25, 0.3) is 5.56 Å². The molecule has 0 spiro atoms. The number of aromatic nitrogens is 2. The Morgan fingerprint density at radius 3 is 2.41 bits per heavy atom. The van der Waals surface area contributed by atoms with Crippen LogP contribution in [0.2, 0.25) is 0 Å². The minimum Gasteiger partial charge on any atom is -0.349 e. The summed E-state index contributed by atoms with van der Waals surface area (Å²) in [7, 11) is 0. The lowest BCUT2D eigenvalue weighted by atomic mass is 10.1. The van der Waals surface area contributed by atoms with Crippen LogP contribution in [0.15, 0.2) is 40.3 Å². The Morgan fingerprint density at radius 1 is 1.14 bits per heavy atom. The van der Waals surface area contributed by atoms with Gasteiger partial charge >= 0.3 is 0 Å². The van der Waals surface area contributed by atoms with Gasteiger partial charge in [-0.1, -0.05) is 42.1 Å². The molecule has 29 heavy (non-hydrogen) atoms. The van der Waals surface area contributed by atoms with E-state index in [0.717, 1.165) is 20.8 Å². The quantitative estimate of drug-likeness (QED) is 0.442. The number of fused-ring (bicyclic) bond motifs is 1. The molecule has 0 saturated heterocycles. The van der Waals surface area contributed by atoms with Crippen LogP contribution in [0.4, 0.5) is 0 Å². The van der Waals surface area contributed by atoms with Crippen LogP contribution in [0.25, 0.3) is 10.2 Å². The highest BCUT2D eigenvalue weighted by Crippen LogP contribution is 2.31. The topological polar surface area (TPSA) is 64.0 Å². The highest BCUT2D eigenvalue weighted by molar-refractivity contribution is 8.00. The average molecular weight is 430 g/mol. The maximum atomic E-state index is 13.2. The smallest absolute Gasteiger partial charge is 0.263 e. The standard InChI is InChI=1S/C22H27N3O2S2/c1-12(2)25-21(27)18-13(3)15(5)28-20(18)24-22(25)29-16(6)19(26)23-14(4)17-10-8-7-9-11-17/h7-12,14,16H,1-6H3,(H,23,26)/t14-,16+/m1/s1. The van der Waals surface area contributed by atoms with E-state index >= 15 is 0 Å². The second kappa shape index (κ2) is 8.71. The molecule has 0 aliphatic rings. The van der Waals surface area contributed by atoms with E-state index in [2.05, 4.69) is 5.32 Å². The SMILES string of the molecule is Cc1sc2nc(S[C@@H](C)C(=O)N[C@H](C)c3ccccc3)n(C(C)C)c(=O)c2c1C. The number of carbonyl (C=O) groups is 1. The molecule has 1 amide bonds. The number of carbonyl (C=O) groups excluding carboxylic acids is 1. The number of amides is 1. The Balaban J connectivity index is 1.87. The van der Waals surface area contributed by atoms with E-state index in [1.807, 2.05) is 71.9 Å². The number of benzene rings is 1. The van der Waals surface area contributed by atoms with Crippen LogP contribution in [-0.4, -0.2) is 20.7 Å². The summed E-state index contributed by atoms with van der Waals surface area (Å²) in [5, 5.41) is 3.97. The Bertz CT molecular complexity index is 1090. The summed E-state index contributed by atoms with van der Waals surface area (Å²) >= 11 is 2.87. The third-order valence-electron chi connectivity index (χ3n) is 5.03. The normalized spacial score (nSPS) is 13.6. The third kappa shape index (κ3) is 4.41. The molecule has 0 fully saturated rings. The van der Waals surface area contributed by atoms with Gasteiger partial charge in [0.05, 0.1) is 16.7 Å². The summed E-state index contributed by atoms with van der Waals surface area (Å²) in [6.45, 7) is 11.7. The molecule has 154 valence electrons. The van der Waals surface area contributed by atoms with E-state index in [4.69, 9.17) is 4.98 Å². The number of hydrogen-bond donors (Lipinski definition) is 1. The third-order valence-corrected chi connectivity index (χ3v) is 7.20. The molecule has 2 aromatic heterocycles. The van der Waals surface area contributed by atoms with Gasteiger partial charge in [-0.25, -0.2) is 4.98 Å².